The van der Waals surface area contributed by atoms with E-state index < -0.39 is 6.10 Å². The largest absolute Gasteiger partial charge is 0.354 e. The lowest BCUT2D eigenvalue weighted by atomic mass is 9.84. The van der Waals surface area contributed by atoms with Crippen LogP contribution in [0.5, 0.6) is 0 Å². The van der Waals surface area contributed by atoms with Gasteiger partial charge in [0.2, 0.25) is 0 Å². The van der Waals surface area contributed by atoms with Crippen molar-refractivity contribution < 1.29 is 9.53 Å². The quantitative estimate of drug-likeness (QED) is 0.812. The van der Waals surface area contributed by atoms with E-state index in [1.807, 2.05) is 18.2 Å². The number of ether oxygens (including phenoxy) is 1. The molecule has 18 heavy (non-hydrogen) atoms. The fraction of sp³-hybridized carbons (Fsp3) is 0.500. The van der Waals surface area contributed by atoms with Gasteiger partial charge in [0.25, 0.3) is 0 Å². The molecule has 1 saturated heterocycles. The molecule has 0 saturated carbocycles. The molecule has 1 spiro atoms. The number of Topliss-reactive ketones (excluding diaryl/α,β-unsaturated/α-hetero) is 1. The van der Waals surface area contributed by atoms with Crippen LogP contribution in [0.15, 0.2) is 24.3 Å². The van der Waals surface area contributed by atoms with Crippen molar-refractivity contribution >= 4 is 5.78 Å². The molecular formula is C14H18N2O2. The van der Waals surface area contributed by atoms with Crippen LogP contribution in [0.1, 0.15) is 30.1 Å². The second kappa shape index (κ2) is 4.46. The minimum atomic E-state index is -0.468. The molecule has 1 unspecified atom stereocenters. The minimum Gasteiger partial charge on any atom is -0.354 e. The Bertz CT molecular complexity index is 467. The van der Waals surface area contributed by atoms with Gasteiger partial charge < -0.3 is 15.8 Å². The summed E-state index contributed by atoms with van der Waals surface area (Å²) >= 11 is 0. The van der Waals surface area contributed by atoms with Crippen LogP contribution in [0.2, 0.25) is 0 Å². The zero-order chi connectivity index (χ0) is 12.6. The monoisotopic (exact) mass is 246 g/mol. The molecule has 4 nitrogen and oxygen atoms in total. The number of rotatable bonds is 2. The summed E-state index contributed by atoms with van der Waals surface area (Å²) in [6.45, 7) is 1.89. The SMILES string of the molecule is NCC(=O)C1OC2(CCNCC2)c2ccccc21. The first-order chi connectivity index (χ1) is 8.77. The lowest BCUT2D eigenvalue weighted by molar-refractivity contribution is -0.144. The number of carbonyl (C=O) groups is 1. The Hall–Kier alpha value is -1.23. The minimum absolute atomic E-state index is 0.0298. The van der Waals surface area contributed by atoms with Crippen LogP contribution in [0.4, 0.5) is 0 Å². The van der Waals surface area contributed by atoms with Gasteiger partial charge >= 0.3 is 0 Å². The molecule has 1 aromatic rings. The van der Waals surface area contributed by atoms with Crippen LogP contribution in [-0.2, 0) is 15.1 Å². The highest BCUT2D eigenvalue weighted by molar-refractivity contribution is 5.87. The van der Waals surface area contributed by atoms with Gasteiger partial charge in [0.1, 0.15) is 6.10 Å². The van der Waals surface area contributed by atoms with Gasteiger partial charge in [-0.2, -0.15) is 0 Å². The van der Waals surface area contributed by atoms with Gasteiger partial charge in [0, 0.05) is 0 Å². The summed E-state index contributed by atoms with van der Waals surface area (Å²) in [5.74, 6) is -0.0298. The van der Waals surface area contributed by atoms with Crippen molar-refractivity contribution in [3.05, 3.63) is 35.4 Å². The van der Waals surface area contributed by atoms with Crippen molar-refractivity contribution in [1.82, 2.24) is 5.32 Å². The Morgan fingerprint density at radius 1 is 1.39 bits per heavy atom. The zero-order valence-corrected chi connectivity index (χ0v) is 10.3. The molecule has 1 fully saturated rings. The average molecular weight is 246 g/mol. The first kappa shape index (κ1) is 11.8. The van der Waals surface area contributed by atoms with Crippen molar-refractivity contribution in [3.63, 3.8) is 0 Å². The third-order valence-corrected chi connectivity index (χ3v) is 3.98. The molecule has 0 radical (unpaired) electrons. The van der Waals surface area contributed by atoms with Crippen LogP contribution in [0.25, 0.3) is 0 Å². The summed E-state index contributed by atoms with van der Waals surface area (Å²) in [5, 5.41) is 3.34. The predicted molar refractivity (Wildman–Crippen MR) is 68.1 cm³/mol. The first-order valence-electron chi connectivity index (χ1n) is 6.47. The molecule has 3 N–H and O–H groups in total. The van der Waals surface area contributed by atoms with Crippen molar-refractivity contribution in [2.45, 2.75) is 24.5 Å². The fourth-order valence-electron chi connectivity index (χ4n) is 3.06. The Balaban J connectivity index is 2.03. The van der Waals surface area contributed by atoms with Crippen molar-refractivity contribution in [3.8, 4) is 0 Å². The molecule has 1 atom stereocenters. The highest BCUT2D eigenvalue weighted by Gasteiger charge is 2.47. The van der Waals surface area contributed by atoms with E-state index in [9.17, 15) is 4.79 Å². The van der Waals surface area contributed by atoms with Gasteiger partial charge in [0.05, 0.1) is 12.1 Å². The van der Waals surface area contributed by atoms with Crippen LogP contribution >= 0.6 is 0 Å². The van der Waals surface area contributed by atoms with Crippen LogP contribution in [-0.4, -0.2) is 25.4 Å². The summed E-state index contributed by atoms with van der Waals surface area (Å²) in [6.07, 6.45) is 1.36. The molecule has 0 aromatic heterocycles. The summed E-state index contributed by atoms with van der Waals surface area (Å²) in [5.41, 5.74) is 7.39. The summed E-state index contributed by atoms with van der Waals surface area (Å²) in [4.78, 5) is 11.9. The number of hydrogen-bond acceptors (Lipinski definition) is 4. The summed E-state index contributed by atoms with van der Waals surface area (Å²) < 4.78 is 6.14. The molecule has 1 aromatic carbocycles. The third-order valence-electron chi connectivity index (χ3n) is 3.98. The lowest BCUT2D eigenvalue weighted by Gasteiger charge is -2.34. The molecule has 0 amide bonds. The van der Waals surface area contributed by atoms with E-state index in [0.717, 1.165) is 31.5 Å². The van der Waals surface area contributed by atoms with E-state index in [1.54, 1.807) is 0 Å². The molecule has 96 valence electrons. The molecule has 3 rings (SSSR count). The standard InChI is InChI=1S/C14H18N2O2/c15-9-12(17)13-10-3-1-2-4-11(10)14(18-13)5-7-16-8-6-14/h1-4,13,16H,5-9,15H2. The average Bonchev–Trinajstić information content (AvgIpc) is 2.74. The Morgan fingerprint density at radius 2 is 2.11 bits per heavy atom. The highest BCUT2D eigenvalue weighted by atomic mass is 16.5. The van der Waals surface area contributed by atoms with Gasteiger partial charge in [-0.3, -0.25) is 4.79 Å². The van der Waals surface area contributed by atoms with Crippen LogP contribution in [0.3, 0.4) is 0 Å². The van der Waals surface area contributed by atoms with Crippen LogP contribution < -0.4 is 11.1 Å². The molecule has 2 aliphatic rings. The molecule has 4 heteroatoms. The van der Waals surface area contributed by atoms with Gasteiger partial charge in [-0.25, -0.2) is 0 Å². The number of ketones is 1. The van der Waals surface area contributed by atoms with E-state index in [2.05, 4.69) is 11.4 Å². The zero-order valence-electron chi connectivity index (χ0n) is 10.3. The number of nitrogens with one attached hydrogen (secondary N) is 1. The van der Waals surface area contributed by atoms with Gasteiger partial charge in [-0.1, -0.05) is 24.3 Å². The number of benzene rings is 1. The molecule has 2 aliphatic heterocycles. The molecule has 0 aliphatic carbocycles. The fourth-order valence-corrected chi connectivity index (χ4v) is 3.06. The maximum absolute atomic E-state index is 11.9. The second-order valence-corrected chi connectivity index (χ2v) is 5.00. The summed E-state index contributed by atoms with van der Waals surface area (Å²) in [7, 11) is 0. The number of nitrogens with two attached hydrogens (primary N) is 1. The van der Waals surface area contributed by atoms with Crippen molar-refractivity contribution in [1.29, 1.82) is 0 Å². The van der Waals surface area contributed by atoms with E-state index >= 15 is 0 Å². The Labute approximate surface area is 107 Å². The second-order valence-electron chi connectivity index (χ2n) is 5.00. The molecule has 2 heterocycles. The maximum Gasteiger partial charge on any atom is 0.179 e. The van der Waals surface area contributed by atoms with Crippen molar-refractivity contribution in [2.24, 2.45) is 5.73 Å². The highest BCUT2D eigenvalue weighted by Crippen LogP contribution is 2.48. The van der Waals surface area contributed by atoms with Crippen LogP contribution in [0, 0.1) is 0 Å². The first-order valence-corrected chi connectivity index (χ1v) is 6.47. The third kappa shape index (κ3) is 1.68. The Kier molecular flexibility index (Phi) is 2.93. The number of fused-ring (bicyclic) bond motifs is 2. The van der Waals surface area contributed by atoms with E-state index in [0.29, 0.717) is 0 Å². The normalized spacial score (nSPS) is 25.1. The Morgan fingerprint density at radius 3 is 2.83 bits per heavy atom. The number of piperidine rings is 1. The molecule has 0 bridgehead atoms. The van der Waals surface area contributed by atoms with E-state index in [-0.39, 0.29) is 17.9 Å². The summed E-state index contributed by atoms with van der Waals surface area (Å²) in [6, 6.07) is 8.05. The number of hydrogen-bond donors (Lipinski definition) is 2. The smallest absolute Gasteiger partial charge is 0.179 e. The van der Waals surface area contributed by atoms with E-state index in [1.165, 1.54) is 5.56 Å². The van der Waals surface area contributed by atoms with Gasteiger partial charge in [-0.15, -0.1) is 0 Å². The lowest BCUT2D eigenvalue weighted by Crippen LogP contribution is -2.40. The van der Waals surface area contributed by atoms with Gasteiger partial charge in [0.15, 0.2) is 5.78 Å². The topological polar surface area (TPSA) is 64.4 Å². The van der Waals surface area contributed by atoms with E-state index in [4.69, 9.17) is 10.5 Å². The van der Waals surface area contributed by atoms with Crippen molar-refractivity contribution in [2.75, 3.05) is 19.6 Å². The number of carbonyl (C=O) groups excluding carboxylic acids is 1. The maximum atomic E-state index is 11.9. The predicted octanol–water partition coefficient (Wildman–Crippen LogP) is 0.864. The van der Waals surface area contributed by atoms with Gasteiger partial charge in [-0.05, 0) is 37.1 Å². The molecular weight excluding hydrogens is 228 g/mol.